The summed E-state index contributed by atoms with van der Waals surface area (Å²) >= 11 is 0. The number of carbonyl (C=O) groups is 2. The minimum absolute atomic E-state index is 0.0602. The summed E-state index contributed by atoms with van der Waals surface area (Å²) in [6.45, 7) is 7.38. The first-order valence-electron chi connectivity index (χ1n) is 6.74. The van der Waals surface area contributed by atoms with E-state index in [1.165, 1.54) is 19.9 Å². The molecule has 0 amide bonds. The van der Waals surface area contributed by atoms with Gasteiger partial charge in [0.1, 0.15) is 5.57 Å². The predicted molar refractivity (Wildman–Crippen MR) is 73.5 cm³/mol. The van der Waals surface area contributed by atoms with Crippen LogP contribution in [0.2, 0.25) is 0 Å². The Hall–Kier alpha value is -1.78. The molecule has 2 rings (SSSR count). The van der Waals surface area contributed by atoms with Crippen LogP contribution >= 0.6 is 0 Å². The van der Waals surface area contributed by atoms with Crippen LogP contribution in [0.5, 0.6) is 0 Å². The van der Waals surface area contributed by atoms with Crippen molar-refractivity contribution in [3.8, 4) is 0 Å². The Bertz CT molecular complexity index is 492. The van der Waals surface area contributed by atoms with E-state index < -0.39 is 17.7 Å². The highest BCUT2D eigenvalue weighted by Crippen LogP contribution is 2.34. The van der Waals surface area contributed by atoms with Crippen molar-refractivity contribution in [1.29, 1.82) is 0 Å². The van der Waals surface area contributed by atoms with Crippen LogP contribution in [0.25, 0.3) is 0 Å². The zero-order chi connectivity index (χ0) is 15.1. The first-order chi connectivity index (χ1) is 9.12. The highest BCUT2D eigenvalue weighted by molar-refractivity contribution is 6.15. The maximum absolute atomic E-state index is 11.8. The third-order valence-electron chi connectivity index (χ3n) is 3.89. The SMILES string of the molecule is CN1/C(=C/C=C2C(=O)OC(C)(C)OC2=O)CCC1(C)C. The fraction of sp³-hybridized carbons (Fsp3) is 0.600. The number of allylic oxidation sites excluding steroid dienone is 3. The Morgan fingerprint density at radius 2 is 1.60 bits per heavy atom. The summed E-state index contributed by atoms with van der Waals surface area (Å²) in [5.74, 6) is -2.46. The third-order valence-corrected chi connectivity index (χ3v) is 3.89. The number of carbonyl (C=O) groups excluding carboxylic acids is 2. The molecule has 0 saturated carbocycles. The average Bonchev–Trinajstić information content (AvgIpc) is 2.53. The van der Waals surface area contributed by atoms with Crippen LogP contribution in [0.3, 0.4) is 0 Å². The summed E-state index contributed by atoms with van der Waals surface area (Å²) < 4.78 is 10.1. The molecule has 5 nitrogen and oxygen atoms in total. The predicted octanol–water partition coefficient (Wildman–Crippen LogP) is 2.14. The number of rotatable bonds is 1. The van der Waals surface area contributed by atoms with Gasteiger partial charge in [-0.3, -0.25) is 0 Å². The topological polar surface area (TPSA) is 55.8 Å². The average molecular weight is 279 g/mol. The molecule has 0 aromatic carbocycles. The van der Waals surface area contributed by atoms with Gasteiger partial charge in [0.2, 0.25) is 0 Å². The molecular formula is C15H21NO4. The largest absolute Gasteiger partial charge is 0.419 e. The molecule has 5 heteroatoms. The van der Waals surface area contributed by atoms with Gasteiger partial charge in [-0.05, 0) is 38.8 Å². The summed E-state index contributed by atoms with van der Waals surface area (Å²) in [5.41, 5.74) is 1.13. The summed E-state index contributed by atoms with van der Waals surface area (Å²) in [7, 11) is 2.01. The van der Waals surface area contributed by atoms with E-state index in [2.05, 4.69) is 18.7 Å². The molecule has 110 valence electrons. The second kappa shape index (κ2) is 4.65. The normalized spacial score (nSPS) is 26.6. The second-order valence-corrected chi connectivity index (χ2v) is 6.29. The second-order valence-electron chi connectivity index (χ2n) is 6.29. The van der Waals surface area contributed by atoms with Gasteiger partial charge in [-0.1, -0.05) is 0 Å². The van der Waals surface area contributed by atoms with Crippen molar-refractivity contribution in [2.45, 2.75) is 51.9 Å². The van der Waals surface area contributed by atoms with E-state index in [0.29, 0.717) is 0 Å². The number of hydrogen-bond donors (Lipinski definition) is 0. The van der Waals surface area contributed by atoms with Gasteiger partial charge < -0.3 is 14.4 Å². The minimum atomic E-state index is -1.19. The number of nitrogens with zero attached hydrogens (tertiary/aromatic N) is 1. The molecule has 2 fully saturated rings. The lowest BCUT2D eigenvalue weighted by molar-refractivity contribution is -0.222. The Morgan fingerprint density at radius 3 is 2.05 bits per heavy atom. The van der Waals surface area contributed by atoms with Crippen molar-refractivity contribution >= 4 is 11.9 Å². The minimum Gasteiger partial charge on any atom is -0.419 e. The lowest BCUT2D eigenvalue weighted by atomic mass is 10.0. The van der Waals surface area contributed by atoms with Crippen LogP contribution in [0.15, 0.2) is 23.4 Å². The van der Waals surface area contributed by atoms with Gasteiger partial charge in [-0.2, -0.15) is 0 Å². The van der Waals surface area contributed by atoms with Crippen LogP contribution < -0.4 is 0 Å². The third kappa shape index (κ3) is 2.71. The quantitative estimate of drug-likeness (QED) is 0.418. The molecule has 0 aliphatic carbocycles. The number of cyclic esters (lactones) is 2. The lowest BCUT2D eigenvalue weighted by Gasteiger charge is -2.30. The number of hydrogen-bond acceptors (Lipinski definition) is 5. The number of esters is 2. The summed E-state index contributed by atoms with van der Waals surface area (Å²) in [5, 5.41) is 0. The van der Waals surface area contributed by atoms with Gasteiger partial charge >= 0.3 is 11.9 Å². The van der Waals surface area contributed by atoms with Crippen LogP contribution in [0, 0.1) is 0 Å². The first-order valence-corrected chi connectivity index (χ1v) is 6.74. The highest BCUT2D eigenvalue weighted by Gasteiger charge is 2.39. The molecule has 2 heterocycles. The van der Waals surface area contributed by atoms with Crippen LogP contribution in [-0.4, -0.2) is 35.2 Å². The van der Waals surface area contributed by atoms with Crippen LogP contribution in [0.4, 0.5) is 0 Å². The molecule has 0 aromatic heterocycles. The zero-order valence-corrected chi connectivity index (χ0v) is 12.6. The van der Waals surface area contributed by atoms with Gasteiger partial charge in [0.15, 0.2) is 0 Å². The van der Waals surface area contributed by atoms with E-state index in [4.69, 9.17) is 9.47 Å². The standard InChI is InChI=1S/C15H21NO4/c1-14(2)9-8-10(16(14)5)6-7-11-12(17)19-15(3,4)20-13(11)18/h6-7H,8-9H2,1-5H3/b10-6+. The molecule has 20 heavy (non-hydrogen) atoms. The monoisotopic (exact) mass is 279 g/mol. The van der Waals surface area contributed by atoms with Gasteiger partial charge in [0.25, 0.3) is 5.79 Å². The van der Waals surface area contributed by atoms with Crippen molar-refractivity contribution in [3.63, 3.8) is 0 Å². The molecule has 0 atom stereocenters. The smallest absolute Gasteiger partial charge is 0.348 e. The fourth-order valence-electron chi connectivity index (χ4n) is 2.33. The molecule has 0 unspecified atom stereocenters. The van der Waals surface area contributed by atoms with Crippen molar-refractivity contribution < 1.29 is 19.1 Å². The van der Waals surface area contributed by atoms with Gasteiger partial charge in [0.05, 0.1) is 0 Å². The van der Waals surface area contributed by atoms with E-state index in [1.54, 1.807) is 6.08 Å². The van der Waals surface area contributed by atoms with E-state index >= 15 is 0 Å². The number of likely N-dealkylation sites (tertiary alicyclic amines) is 1. The summed E-state index contributed by atoms with van der Waals surface area (Å²) in [6, 6.07) is 0. The molecule has 0 N–H and O–H groups in total. The van der Waals surface area contributed by atoms with Crippen LogP contribution in [0.1, 0.15) is 40.5 Å². The molecule has 0 spiro atoms. The molecular weight excluding hydrogens is 258 g/mol. The van der Waals surface area contributed by atoms with Crippen molar-refractivity contribution in [2.24, 2.45) is 0 Å². The number of ether oxygens (including phenoxy) is 2. The Balaban J connectivity index is 2.20. The molecule has 2 aliphatic rings. The maximum Gasteiger partial charge on any atom is 0.348 e. The molecule has 0 radical (unpaired) electrons. The molecule has 0 aromatic rings. The summed E-state index contributed by atoms with van der Waals surface area (Å²) in [4.78, 5) is 25.8. The van der Waals surface area contributed by atoms with Crippen molar-refractivity contribution in [2.75, 3.05) is 7.05 Å². The Labute approximate surface area is 119 Å². The molecule has 2 saturated heterocycles. The Kier molecular flexibility index (Phi) is 3.40. The molecule has 0 bridgehead atoms. The summed E-state index contributed by atoms with van der Waals surface area (Å²) in [6.07, 6.45) is 5.25. The van der Waals surface area contributed by atoms with E-state index in [1.807, 2.05) is 7.05 Å². The highest BCUT2D eigenvalue weighted by atomic mass is 16.7. The van der Waals surface area contributed by atoms with Crippen LogP contribution in [-0.2, 0) is 19.1 Å². The van der Waals surface area contributed by atoms with Gasteiger partial charge in [-0.15, -0.1) is 0 Å². The van der Waals surface area contributed by atoms with Gasteiger partial charge in [-0.25, -0.2) is 9.59 Å². The fourth-order valence-corrected chi connectivity index (χ4v) is 2.33. The zero-order valence-electron chi connectivity index (χ0n) is 12.6. The first kappa shape index (κ1) is 14.6. The molecule has 2 aliphatic heterocycles. The van der Waals surface area contributed by atoms with E-state index in [-0.39, 0.29) is 11.1 Å². The van der Waals surface area contributed by atoms with E-state index in [0.717, 1.165) is 18.5 Å². The van der Waals surface area contributed by atoms with Crippen molar-refractivity contribution in [3.05, 3.63) is 23.4 Å². The van der Waals surface area contributed by atoms with Crippen molar-refractivity contribution in [1.82, 2.24) is 4.90 Å². The van der Waals surface area contributed by atoms with Gasteiger partial charge in [0, 0.05) is 32.1 Å². The maximum atomic E-state index is 11.8. The van der Waals surface area contributed by atoms with E-state index in [9.17, 15) is 9.59 Å². The Morgan fingerprint density at radius 1 is 1.05 bits per heavy atom. The lowest BCUT2D eigenvalue weighted by Crippen LogP contribution is -2.41.